The van der Waals surface area contributed by atoms with E-state index in [0.29, 0.717) is 6.04 Å². The molecule has 0 amide bonds. The van der Waals surface area contributed by atoms with Gasteiger partial charge in [0.15, 0.2) is 0 Å². The lowest BCUT2D eigenvalue weighted by Gasteiger charge is -2.32. The summed E-state index contributed by atoms with van der Waals surface area (Å²) in [6.07, 6.45) is 4.20. The Hall–Kier alpha value is -1.28. The fraction of sp³-hybridized carbons (Fsp3) is 0.571. The second-order valence-electron chi connectivity index (χ2n) is 5.46. The maximum absolute atomic E-state index is 12.2. The van der Waals surface area contributed by atoms with Crippen LogP contribution in [-0.2, 0) is 16.5 Å². The second-order valence-corrected chi connectivity index (χ2v) is 7.00. The number of piperidine rings is 1. The molecule has 1 atom stereocenters. The summed E-state index contributed by atoms with van der Waals surface area (Å²) in [5.41, 5.74) is -4.48. The Morgan fingerprint density at radius 2 is 1.86 bits per heavy atom. The third kappa shape index (κ3) is 4.13. The van der Waals surface area contributed by atoms with E-state index < -0.39 is 15.6 Å². The van der Waals surface area contributed by atoms with Crippen molar-refractivity contribution in [1.29, 1.82) is 0 Å². The Bertz CT molecular complexity index is 599. The molecule has 2 rings (SSSR count). The Morgan fingerprint density at radius 3 is 2.41 bits per heavy atom. The number of likely N-dealkylation sites (N-methyl/N-ethyl adjacent to an activating group) is 1. The van der Waals surface area contributed by atoms with Crippen molar-refractivity contribution in [3.8, 4) is 5.75 Å². The van der Waals surface area contributed by atoms with E-state index in [1.54, 1.807) is 12.1 Å². The van der Waals surface area contributed by atoms with Crippen LogP contribution in [0.1, 0.15) is 24.8 Å². The van der Waals surface area contributed by atoms with Crippen molar-refractivity contribution in [3.63, 3.8) is 0 Å². The highest BCUT2D eigenvalue weighted by atomic mass is 32.2. The molecule has 4 nitrogen and oxygen atoms in total. The number of likely N-dealkylation sites (tertiary alicyclic amines) is 1. The molecule has 1 saturated heterocycles. The summed E-state index contributed by atoms with van der Waals surface area (Å²) in [5.74, 6) is -0.335. The van der Waals surface area contributed by atoms with Gasteiger partial charge in [-0.05, 0) is 50.6 Å². The van der Waals surface area contributed by atoms with Gasteiger partial charge in [0, 0.05) is 6.04 Å². The van der Waals surface area contributed by atoms with E-state index in [2.05, 4.69) is 16.1 Å². The van der Waals surface area contributed by atoms with Crippen LogP contribution in [0.5, 0.6) is 5.75 Å². The molecule has 124 valence electrons. The molecule has 0 spiro atoms. The second kappa shape index (κ2) is 6.45. The molecule has 0 radical (unpaired) electrons. The monoisotopic (exact) mass is 337 g/mol. The molecule has 0 aliphatic carbocycles. The minimum absolute atomic E-state index is 0.335. The molecule has 1 heterocycles. The molecule has 1 fully saturated rings. The number of alkyl halides is 3. The molecular formula is C14H18F3NO3S. The maximum Gasteiger partial charge on any atom is 0.534 e. The topological polar surface area (TPSA) is 46.6 Å². The largest absolute Gasteiger partial charge is 0.534 e. The zero-order valence-electron chi connectivity index (χ0n) is 12.1. The molecule has 8 heteroatoms. The van der Waals surface area contributed by atoms with Crippen molar-refractivity contribution in [3.05, 3.63) is 29.8 Å². The lowest BCUT2D eigenvalue weighted by molar-refractivity contribution is -0.0500. The molecule has 1 aromatic rings. The fourth-order valence-electron chi connectivity index (χ4n) is 2.53. The predicted octanol–water partition coefficient (Wildman–Crippen LogP) is 2.94. The van der Waals surface area contributed by atoms with Crippen LogP contribution in [0.2, 0.25) is 0 Å². The van der Waals surface area contributed by atoms with Crippen LogP contribution in [-0.4, -0.2) is 38.5 Å². The van der Waals surface area contributed by atoms with Gasteiger partial charge in [0.1, 0.15) is 5.75 Å². The van der Waals surface area contributed by atoms with E-state index in [1.807, 2.05) is 0 Å². The molecule has 0 saturated carbocycles. The maximum atomic E-state index is 12.2. The van der Waals surface area contributed by atoms with E-state index in [0.717, 1.165) is 24.9 Å². The summed E-state index contributed by atoms with van der Waals surface area (Å²) in [5, 5.41) is 0. The first-order chi connectivity index (χ1) is 10.2. The lowest BCUT2D eigenvalue weighted by atomic mass is 9.96. The molecule has 0 aromatic heterocycles. The highest BCUT2D eigenvalue weighted by molar-refractivity contribution is 7.87. The van der Waals surface area contributed by atoms with Gasteiger partial charge in [-0.15, -0.1) is 0 Å². The van der Waals surface area contributed by atoms with E-state index >= 15 is 0 Å². The highest BCUT2D eigenvalue weighted by Crippen LogP contribution is 2.27. The summed E-state index contributed by atoms with van der Waals surface area (Å²) >= 11 is 0. The van der Waals surface area contributed by atoms with Crippen LogP contribution < -0.4 is 4.18 Å². The van der Waals surface area contributed by atoms with Gasteiger partial charge < -0.3 is 9.08 Å². The molecule has 1 aliphatic rings. The lowest BCUT2D eigenvalue weighted by Crippen LogP contribution is -2.37. The summed E-state index contributed by atoms with van der Waals surface area (Å²) < 4.78 is 62.6. The molecule has 22 heavy (non-hydrogen) atoms. The average Bonchev–Trinajstić information content (AvgIpc) is 2.42. The van der Waals surface area contributed by atoms with Crippen LogP contribution >= 0.6 is 0 Å². The van der Waals surface area contributed by atoms with E-state index in [-0.39, 0.29) is 5.75 Å². The van der Waals surface area contributed by atoms with Crippen molar-refractivity contribution in [2.45, 2.75) is 37.2 Å². The molecule has 0 N–H and O–H groups in total. The molecule has 1 unspecified atom stereocenters. The quantitative estimate of drug-likeness (QED) is 0.626. The Balaban J connectivity index is 2.01. The van der Waals surface area contributed by atoms with Gasteiger partial charge in [-0.3, -0.25) is 0 Å². The SMILES string of the molecule is CN1CCCCC1Cc1ccc(OS(=O)(=O)C(F)(F)F)cc1. The molecule has 0 bridgehead atoms. The Morgan fingerprint density at radius 1 is 1.23 bits per heavy atom. The fourth-order valence-corrected chi connectivity index (χ4v) is 2.99. The van der Waals surface area contributed by atoms with E-state index in [4.69, 9.17) is 0 Å². The number of hydrogen-bond donors (Lipinski definition) is 0. The third-order valence-electron chi connectivity index (χ3n) is 3.81. The van der Waals surface area contributed by atoms with Crippen molar-refractivity contribution in [2.75, 3.05) is 13.6 Å². The van der Waals surface area contributed by atoms with Gasteiger partial charge in [0.05, 0.1) is 0 Å². The predicted molar refractivity (Wildman–Crippen MR) is 76.0 cm³/mol. The first-order valence-corrected chi connectivity index (χ1v) is 8.40. The Labute approximate surface area is 128 Å². The Kier molecular flexibility index (Phi) is 5.01. The van der Waals surface area contributed by atoms with Crippen LogP contribution in [0.15, 0.2) is 24.3 Å². The van der Waals surface area contributed by atoms with Crippen LogP contribution in [0.4, 0.5) is 13.2 Å². The smallest absolute Gasteiger partial charge is 0.376 e. The van der Waals surface area contributed by atoms with Crippen molar-refractivity contribution in [1.82, 2.24) is 4.90 Å². The summed E-state index contributed by atoms with van der Waals surface area (Å²) in [6, 6.07) is 6.11. The van der Waals surface area contributed by atoms with Gasteiger partial charge >= 0.3 is 15.6 Å². The van der Waals surface area contributed by atoms with Crippen molar-refractivity contribution < 1.29 is 25.8 Å². The van der Waals surface area contributed by atoms with Gasteiger partial charge in [-0.25, -0.2) is 0 Å². The van der Waals surface area contributed by atoms with Crippen molar-refractivity contribution in [2.24, 2.45) is 0 Å². The first kappa shape index (κ1) is 17.1. The van der Waals surface area contributed by atoms with Crippen LogP contribution in [0.3, 0.4) is 0 Å². The number of rotatable bonds is 4. The third-order valence-corrected chi connectivity index (χ3v) is 4.78. The summed E-state index contributed by atoms with van der Waals surface area (Å²) in [4.78, 5) is 2.27. The summed E-state index contributed by atoms with van der Waals surface area (Å²) in [7, 11) is -3.56. The van der Waals surface area contributed by atoms with Crippen molar-refractivity contribution >= 4 is 10.1 Å². The number of nitrogens with zero attached hydrogens (tertiary/aromatic N) is 1. The number of benzene rings is 1. The van der Waals surface area contributed by atoms with E-state index in [9.17, 15) is 21.6 Å². The van der Waals surface area contributed by atoms with Gasteiger partial charge in [0.25, 0.3) is 0 Å². The number of hydrogen-bond acceptors (Lipinski definition) is 4. The van der Waals surface area contributed by atoms with Crippen LogP contribution in [0.25, 0.3) is 0 Å². The summed E-state index contributed by atoms with van der Waals surface area (Å²) in [6.45, 7) is 1.04. The zero-order chi connectivity index (χ0) is 16.4. The number of halogens is 3. The van der Waals surface area contributed by atoms with E-state index in [1.165, 1.54) is 25.0 Å². The molecule has 1 aromatic carbocycles. The first-order valence-electron chi connectivity index (χ1n) is 6.99. The standard InChI is InChI=1S/C14H18F3NO3S/c1-18-9-3-2-4-12(18)10-11-5-7-13(8-6-11)21-22(19,20)14(15,16)17/h5-8,12H,2-4,9-10H2,1H3. The minimum atomic E-state index is -5.61. The average molecular weight is 337 g/mol. The minimum Gasteiger partial charge on any atom is -0.376 e. The zero-order valence-corrected chi connectivity index (χ0v) is 13.0. The molecular weight excluding hydrogens is 319 g/mol. The molecule has 1 aliphatic heterocycles. The van der Waals surface area contributed by atoms with Gasteiger partial charge in [0.2, 0.25) is 0 Å². The van der Waals surface area contributed by atoms with Crippen LogP contribution in [0, 0.1) is 0 Å². The normalized spacial score (nSPS) is 20.8. The van der Waals surface area contributed by atoms with Gasteiger partial charge in [-0.1, -0.05) is 18.6 Å². The highest BCUT2D eigenvalue weighted by Gasteiger charge is 2.48. The van der Waals surface area contributed by atoms with Gasteiger partial charge in [-0.2, -0.15) is 21.6 Å².